The van der Waals surface area contributed by atoms with E-state index < -0.39 is 80.4 Å². The minimum absolute atomic E-state index is 0.134. The molecule has 2 aliphatic carbocycles. The third-order valence-corrected chi connectivity index (χ3v) is 9.41. The van der Waals surface area contributed by atoms with Crippen LogP contribution in [0.3, 0.4) is 0 Å². The van der Waals surface area contributed by atoms with Crippen LogP contribution >= 0.6 is 0 Å². The van der Waals surface area contributed by atoms with Crippen molar-refractivity contribution in [3.8, 4) is 11.5 Å². The Labute approximate surface area is 244 Å². The molecule has 0 amide bonds. The van der Waals surface area contributed by atoms with Gasteiger partial charge < -0.3 is 48.2 Å². The fourth-order valence-corrected chi connectivity index (χ4v) is 7.57. The number of epoxide rings is 2. The molecule has 14 nitrogen and oxygen atoms in total. The molecule has 0 unspecified atom stereocenters. The van der Waals surface area contributed by atoms with E-state index in [9.17, 15) is 39.6 Å². The lowest BCUT2D eigenvalue weighted by Crippen LogP contribution is -2.60. The van der Waals surface area contributed by atoms with E-state index in [1.54, 1.807) is 0 Å². The zero-order valence-corrected chi connectivity index (χ0v) is 23.3. The van der Waals surface area contributed by atoms with Crippen molar-refractivity contribution in [3.63, 3.8) is 0 Å². The van der Waals surface area contributed by atoms with Crippen LogP contribution in [0.15, 0.2) is 42.7 Å². The van der Waals surface area contributed by atoms with E-state index in [-0.39, 0.29) is 44.2 Å². The lowest BCUT2D eigenvalue weighted by Gasteiger charge is -2.39. The van der Waals surface area contributed by atoms with Gasteiger partial charge in [-0.15, -0.1) is 0 Å². The molecule has 4 N–H and O–H groups in total. The van der Waals surface area contributed by atoms with Crippen LogP contribution in [0.5, 0.6) is 11.5 Å². The number of rotatable bonds is 3. The van der Waals surface area contributed by atoms with E-state index in [1.165, 1.54) is 38.1 Å². The largest absolute Gasteiger partial charge is 0.507 e. The lowest BCUT2D eigenvalue weighted by molar-refractivity contribution is -0.0577. The third kappa shape index (κ3) is 2.54. The number of carbonyl (C=O) groups excluding carboxylic acids is 2. The maximum Gasteiger partial charge on any atom is 0.347 e. The minimum atomic E-state index is -2.49. The maximum atomic E-state index is 14.1. The summed E-state index contributed by atoms with van der Waals surface area (Å²) in [4.78, 5) is 53.8. The molecule has 8 rings (SSSR count). The summed E-state index contributed by atoms with van der Waals surface area (Å²) < 4.78 is 33.2. The van der Waals surface area contributed by atoms with Gasteiger partial charge in [-0.1, -0.05) is 0 Å². The predicted octanol–water partition coefficient (Wildman–Crippen LogP) is 1.31. The number of Topliss-reactive ketones (excluding diaryl/α,β-unsaturated/α-hetero) is 2. The molecule has 0 spiro atoms. The van der Waals surface area contributed by atoms with E-state index in [0.29, 0.717) is 0 Å². The highest BCUT2D eigenvalue weighted by Gasteiger charge is 3.03. The average Bonchev–Trinajstić information content (AvgIpc) is 3.85. The van der Waals surface area contributed by atoms with Crippen molar-refractivity contribution in [1.82, 2.24) is 0 Å². The Bertz CT molecular complexity index is 2040. The van der Waals surface area contributed by atoms with Crippen molar-refractivity contribution in [2.75, 3.05) is 14.2 Å². The fourth-order valence-electron chi connectivity index (χ4n) is 7.57. The number of carbonyl (C=O) groups is 2. The first-order chi connectivity index (χ1) is 20.8. The summed E-state index contributed by atoms with van der Waals surface area (Å²) in [5, 5.41) is 46.2. The molecule has 2 aromatic heterocycles. The van der Waals surface area contributed by atoms with E-state index in [2.05, 4.69) is 0 Å². The van der Waals surface area contributed by atoms with Gasteiger partial charge in [0.05, 0.1) is 0 Å². The first-order valence-electron chi connectivity index (χ1n) is 13.4. The van der Waals surface area contributed by atoms with Gasteiger partial charge in [-0.05, 0) is 48.9 Å². The number of hydrogen-bond donors (Lipinski definition) is 4. The van der Waals surface area contributed by atoms with Crippen molar-refractivity contribution in [2.24, 2.45) is 0 Å². The van der Waals surface area contributed by atoms with Gasteiger partial charge in [0.15, 0.2) is 0 Å². The van der Waals surface area contributed by atoms with Crippen molar-refractivity contribution < 1.29 is 57.8 Å². The maximum absolute atomic E-state index is 14.1. The standard InChI is InChI=1S/C30H22O14/c1-9-5-11-7-13-17(19(31)15(11)25(37)41-9)23(35)27(29(39-3,43-27)21(13)33)28-24(36)18-14(22(34)30(28,40-4)44-28)8-12-6-10(2)42-26(38)16(12)20(18)32/h5-8,23-24,31-32,35-36H,1-4H3/t23-,24-,27-,28+,29-,30+/m0/s1. The molecule has 2 aliphatic heterocycles. The van der Waals surface area contributed by atoms with Crippen LogP contribution in [0, 0.1) is 13.8 Å². The highest BCUT2D eigenvalue weighted by atomic mass is 16.9. The summed E-state index contributed by atoms with van der Waals surface area (Å²) in [6, 6.07) is 5.35. The van der Waals surface area contributed by atoms with Gasteiger partial charge in [0.1, 0.15) is 46.0 Å². The summed E-state index contributed by atoms with van der Waals surface area (Å²) in [7, 11) is 2.18. The molecule has 2 aromatic carbocycles. The summed E-state index contributed by atoms with van der Waals surface area (Å²) in [6.45, 7) is 2.99. The molecule has 14 heteroatoms. The molecule has 0 saturated carbocycles. The van der Waals surface area contributed by atoms with Crippen molar-refractivity contribution in [2.45, 2.75) is 48.8 Å². The number of methoxy groups -OCH3 is 2. The van der Waals surface area contributed by atoms with Gasteiger partial charge in [-0.2, -0.15) is 0 Å². The van der Waals surface area contributed by atoms with Gasteiger partial charge in [-0.25, -0.2) is 9.59 Å². The van der Waals surface area contributed by atoms with Gasteiger partial charge in [0.2, 0.25) is 22.8 Å². The number of ketones is 2. The highest BCUT2D eigenvalue weighted by molar-refractivity contribution is 6.15. The Balaban J connectivity index is 1.42. The Morgan fingerprint density at radius 2 is 1.02 bits per heavy atom. The van der Waals surface area contributed by atoms with Crippen LogP contribution < -0.4 is 11.3 Å². The average molecular weight is 606 g/mol. The topological polar surface area (TPSA) is 219 Å². The zero-order valence-electron chi connectivity index (χ0n) is 23.3. The first kappa shape index (κ1) is 27.1. The molecule has 0 radical (unpaired) electrons. The predicted molar refractivity (Wildman–Crippen MR) is 143 cm³/mol. The van der Waals surface area contributed by atoms with Gasteiger partial charge in [0, 0.05) is 36.5 Å². The number of phenolic OH excluding ortho intramolecular Hbond substituents is 2. The second-order valence-corrected chi connectivity index (χ2v) is 11.4. The number of aryl methyl sites for hydroxylation is 2. The Kier molecular flexibility index (Phi) is 4.80. The normalized spacial score (nSPS) is 33.1. The van der Waals surface area contributed by atoms with E-state index >= 15 is 0 Å². The molecular weight excluding hydrogens is 584 g/mol. The van der Waals surface area contributed by atoms with Crippen LogP contribution in [0.4, 0.5) is 0 Å². The number of aromatic hydroxyl groups is 2. The highest BCUT2D eigenvalue weighted by Crippen LogP contribution is 2.80. The number of aliphatic hydroxyl groups excluding tert-OH is 2. The molecule has 4 heterocycles. The monoisotopic (exact) mass is 606 g/mol. The minimum Gasteiger partial charge on any atom is -0.507 e. The van der Waals surface area contributed by atoms with Crippen LogP contribution in [0.1, 0.15) is 55.6 Å². The Morgan fingerprint density at radius 3 is 1.36 bits per heavy atom. The molecule has 4 aromatic rings. The summed E-state index contributed by atoms with van der Waals surface area (Å²) >= 11 is 0. The second kappa shape index (κ2) is 7.79. The molecule has 2 fully saturated rings. The molecule has 6 atom stereocenters. The first-order valence-corrected chi connectivity index (χ1v) is 13.4. The second-order valence-electron chi connectivity index (χ2n) is 11.4. The number of ether oxygens (including phenoxy) is 4. The number of fused-ring (bicyclic) bond motifs is 7. The zero-order chi connectivity index (χ0) is 31.5. The Morgan fingerprint density at radius 1 is 0.659 bits per heavy atom. The molecular formula is C30H22O14. The van der Waals surface area contributed by atoms with Crippen molar-refractivity contribution in [1.29, 1.82) is 0 Å². The number of benzene rings is 2. The van der Waals surface area contributed by atoms with Gasteiger partial charge in [-0.3, -0.25) is 9.59 Å². The van der Waals surface area contributed by atoms with E-state index in [4.69, 9.17) is 27.8 Å². The molecule has 2 saturated heterocycles. The van der Waals surface area contributed by atoms with Crippen molar-refractivity contribution in [3.05, 3.63) is 78.9 Å². The third-order valence-electron chi connectivity index (χ3n) is 9.41. The van der Waals surface area contributed by atoms with Gasteiger partial charge >= 0.3 is 11.3 Å². The van der Waals surface area contributed by atoms with Crippen LogP contribution in [0.2, 0.25) is 0 Å². The molecule has 4 aliphatic rings. The summed E-state index contributed by atoms with van der Waals surface area (Å²) in [5.74, 6) is -7.86. The smallest absolute Gasteiger partial charge is 0.347 e. The van der Waals surface area contributed by atoms with Gasteiger partial charge in [0.25, 0.3) is 11.6 Å². The number of aliphatic hydroxyl groups is 2. The van der Waals surface area contributed by atoms with E-state index in [1.807, 2.05) is 0 Å². The summed E-state index contributed by atoms with van der Waals surface area (Å²) in [6.07, 6.45) is -4.20. The summed E-state index contributed by atoms with van der Waals surface area (Å²) in [5.41, 5.74) is -8.34. The molecule has 0 bridgehead atoms. The molecule has 44 heavy (non-hydrogen) atoms. The van der Waals surface area contributed by atoms with Crippen molar-refractivity contribution >= 4 is 33.1 Å². The van der Waals surface area contributed by atoms with Crippen LogP contribution in [-0.2, 0) is 18.9 Å². The Hall–Kier alpha value is -4.44. The molecule has 226 valence electrons. The lowest BCUT2D eigenvalue weighted by atomic mass is 9.63. The quantitative estimate of drug-likeness (QED) is 0.242. The number of hydrogen-bond acceptors (Lipinski definition) is 14. The fraction of sp³-hybridized carbons (Fsp3) is 0.333. The van der Waals surface area contributed by atoms with Crippen LogP contribution in [0.25, 0.3) is 21.5 Å². The van der Waals surface area contributed by atoms with E-state index in [0.717, 1.165) is 14.2 Å². The SMILES string of the molecule is CO[C@@]12O[C@]1([C@@]13O[C@]1(OC)C(=O)c1cc4cc(C)oc(=O)c4c(O)c1[C@@H]3O)[C@@H](O)c1c(cc3cc(C)oc(=O)c3c1O)C2=O. The van der Waals surface area contributed by atoms with Crippen LogP contribution in [-0.4, -0.2) is 69.0 Å². The number of phenols is 2.